The molecule has 0 heterocycles. The Kier molecular flexibility index (Phi) is 7.20. The quantitative estimate of drug-likeness (QED) is 0.442. The molecule has 0 N–H and O–H groups in total. The van der Waals surface area contributed by atoms with Gasteiger partial charge < -0.3 is 9.47 Å². The highest BCUT2D eigenvalue weighted by Gasteiger charge is 2.04. The van der Waals surface area contributed by atoms with Crippen molar-refractivity contribution in [1.82, 2.24) is 0 Å². The maximum Gasteiger partial charge on any atom is 0.331 e. The third kappa shape index (κ3) is 7.00. The lowest BCUT2D eigenvalue weighted by molar-refractivity contribution is -0.141. The first kappa shape index (κ1) is 14.6. The van der Waals surface area contributed by atoms with Crippen LogP contribution in [0.25, 0.3) is 0 Å². The Bertz CT molecular complexity index is 331. The van der Waals surface area contributed by atoms with Crippen LogP contribution < -0.4 is 0 Å². The van der Waals surface area contributed by atoms with E-state index in [4.69, 9.17) is 4.74 Å². The molecule has 5 heteroatoms. The third-order valence-electron chi connectivity index (χ3n) is 1.45. The molecule has 1 atom stereocenters. The Balaban J connectivity index is 4.20. The first-order chi connectivity index (χ1) is 7.49. The van der Waals surface area contributed by atoms with Crippen molar-refractivity contribution in [3.8, 4) is 0 Å². The molecular weight excluding hydrogens is 276 g/mol. The fraction of sp³-hybridized carbons (Fsp3) is 0.273. The molecule has 0 spiro atoms. The van der Waals surface area contributed by atoms with Crippen LogP contribution >= 0.6 is 15.9 Å². The summed E-state index contributed by atoms with van der Waals surface area (Å²) < 4.78 is 9.98. The van der Waals surface area contributed by atoms with Crippen LogP contribution in [-0.4, -0.2) is 25.2 Å². The van der Waals surface area contributed by atoms with E-state index in [-0.39, 0.29) is 0 Å². The number of carbonyl (C=O) groups excluding carboxylic acids is 2. The van der Waals surface area contributed by atoms with E-state index in [1.54, 1.807) is 19.1 Å². The van der Waals surface area contributed by atoms with Crippen molar-refractivity contribution in [1.29, 1.82) is 0 Å². The van der Waals surface area contributed by atoms with Gasteiger partial charge in [0.05, 0.1) is 7.11 Å². The van der Waals surface area contributed by atoms with E-state index in [2.05, 4.69) is 27.2 Å². The second kappa shape index (κ2) is 7.87. The summed E-state index contributed by atoms with van der Waals surface area (Å²) in [4.78, 5) is 21.8. The van der Waals surface area contributed by atoms with Crippen molar-refractivity contribution >= 4 is 27.9 Å². The van der Waals surface area contributed by atoms with E-state index in [0.29, 0.717) is 0 Å². The van der Waals surface area contributed by atoms with Crippen LogP contribution in [0.5, 0.6) is 0 Å². The number of carbonyl (C=O) groups is 2. The lowest BCUT2D eigenvalue weighted by Gasteiger charge is -2.06. The Morgan fingerprint density at radius 1 is 1.31 bits per heavy atom. The number of hydrogen-bond acceptors (Lipinski definition) is 4. The zero-order valence-corrected chi connectivity index (χ0v) is 10.7. The number of ether oxygens (including phenoxy) is 2. The van der Waals surface area contributed by atoms with E-state index in [9.17, 15) is 9.59 Å². The molecule has 4 nitrogen and oxygen atoms in total. The van der Waals surface area contributed by atoms with Crippen molar-refractivity contribution in [2.45, 2.75) is 13.0 Å². The fourth-order valence-electron chi connectivity index (χ4n) is 0.753. The maximum atomic E-state index is 11.2. The highest BCUT2D eigenvalue weighted by atomic mass is 79.9. The van der Waals surface area contributed by atoms with E-state index >= 15 is 0 Å². The van der Waals surface area contributed by atoms with Crippen LogP contribution in [-0.2, 0) is 19.1 Å². The Morgan fingerprint density at radius 2 is 1.88 bits per heavy atom. The average Bonchev–Trinajstić information content (AvgIpc) is 2.25. The predicted octanol–water partition coefficient (Wildman–Crippen LogP) is 2.11. The van der Waals surface area contributed by atoms with Gasteiger partial charge >= 0.3 is 11.9 Å². The summed E-state index contributed by atoms with van der Waals surface area (Å²) in [6.45, 7) is 5.22. The van der Waals surface area contributed by atoms with Crippen molar-refractivity contribution < 1.29 is 19.1 Å². The number of hydrogen-bond donors (Lipinski definition) is 0. The molecule has 0 radical (unpaired) electrons. The lowest BCUT2D eigenvalue weighted by atomic mass is 10.3. The van der Waals surface area contributed by atoms with Crippen LogP contribution in [0.3, 0.4) is 0 Å². The summed E-state index contributed by atoms with van der Waals surface area (Å²) in [6, 6.07) is 0. The van der Waals surface area contributed by atoms with Gasteiger partial charge in [-0.25, -0.2) is 9.59 Å². The summed E-state index contributed by atoms with van der Waals surface area (Å²) in [6.07, 6.45) is 4.84. The van der Waals surface area contributed by atoms with E-state index in [0.717, 1.165) is 16.6 Å². The average molecular weight is 289 g/mol. The molecule has 0 bridgehead atoms. The van der Waals surface area contributed by atoms with Gasteiger partial charge in [0.1, 0.15) is 6.10 Å². The minimum Gasteiger partial charge on any atom is -0.466 e. The van der Waals surface area contributed by atoms with Gasteiger partial charge in [0.25, 0.3) is 0 Å². The molecule has 0 rings (SSSR count). The standard InChI is InChI=1S/C11H13BrO4/c1-4-9(12)7-8(2)16-11(14)6-5-10(13)15-3/h4-8H,1H2,2-3H3/b6-5+,9-7-/t8-/m0/s1. The van der Waals surface area contributed by atoms with Gasteiger partial charge in [-0.3, -0.25) is 0 Å². The van der Waals surface area contributed by atoms with Crippen molar-refractivity contribution in [2.24, 2.45) is 0 Å². The lowest BCUT2D eigenvalue weighted by Crippen LogP contribution is -2.11. The SMILES string of the molecule is C=C/C(Br)=C/[C@H](C)OC(=O)/C=C/C(=O)OC. The molecule has 0 aliphatic rings. The molecule has 0 saturated carbocycles. The number of rotatable bonds is 5. The molecule has 16 heavy (non-hydrogen) atoms. The second-order valence-corrected chi connectivity index (χ2v) is 3.67. The summed E-state index contributed by atoms with van der Waals surface area (Å²) in [7, 11) is 1.23. The largest absolute Gasteiger partial charge is 0.466 e. The van der Waals surface area contributed by atoms with Crippen molar-refractivity contribution in [3.63, 3.8) is 0 Å². The summed E-state index contributed by atoms with van der Waals surface area (Å²) >= 11 is 3.20. The van der Waals surface area contributed by atoms with Crippen LogP contribution in [0.15, 0.2) is 35.4 Å². The van der Waals surface area contributed by atoms with Crippen LogP contribution in [0.2, 0.25) is 0 Å². The third-order valence-corrected chi connectivity index (χ3v) is 2.04. The van der Waals surface area contributed by atoms with Gasteiger partial charge in [0, 0.05) is 16.6 Å². The summed E-state index contributed by atoms with van der Waals surface area (Å²) in [5.74, 6) is -1.22. The molecule has 0 unspecified atom stereocenters. The zero-order valence-electron chi connectivity index (χ0n) is 9.10. The van der Waals surface area contributed by atoms with Gasteiger partial charge in [-0.15, -0.1) is 0 Å². The second-order valence-electron chi connectivity index (χ2n) is 2.75. The number of allylic oxidation sites excluding steroid dienone is 2. The molecule has 0 aliphatic carbocycles. The Morgan fingerprint density at radius 3 is 2.38 bits per heavy atom. The van der Waals surface area contributed by atoms with Gasteiger partial charge in [-0.1, -0.05) is 28.6 Å². The normalized spacial score (nSPS) is 13.3. The summed E-state index contributed by atoms with van der Waals surface area (Å²) in [5.41, 5.74) is 0. The number of halogens is 1. The van der Waals surface area contributed by atoms with E-state index in [1.165, 1.54) is 7.11 Å². The Hall–Kier alpha value is -1.36. The van der Waals surface area contributed by atoms with Crippen LogP contribution in [0.4, 0.5) is 0 Å². The van der Waals surface area contributed by atoms with Crippen molar-refractivity contribution in [3.05, 3.63) is 35.4 Å². The fourth-order valence-corrected chi connectivity index (χ4v) is 1.13. The number of esters is 2. The predicted molar refractivity (Wildman–Crippen MR) is 63.9 cm³/mol. The smallest absolute Gasteiger partial charge is 0.331 e. The van der Waals surface area contributed by atoms with Crippen molar-refractivity contribution in [2.75, 3.05) is 7.11 Å². The first-order valence-corrected chi connectivity index (χ1v) is 5.25. The molecule has 88 valence electrons. The molecule has 0 aliphatic heterocycles. The molecule has 0 saturated heterocycles. The van der Waals surface area contributed by atoms with Gasteiger partial charge in [0.2, 0.25) is 0 Å². The Labute approximate surface area is 103 Å². The van der Waals surface area contributed by atoms with E-state index < -0.39 is 18.0 Å². The van der Waals surface area contributed by atoms with Crippen LogP contribution in [0.1, 0.15) is 6.92 Å². The first-order valence-electron chi connectivity index (χ1n) is 4.46. The van der Waals surface area contributed by atoms with Gasteiger partial charge in [-0.05, 0) is 13.0 Å². The highest BCUT2D eigenvalue weighted by molar-refractivity contribution is 9.11. The number of methoxy groups -OCH3 is 1. The zero-order chi connectivity index (χ0) is 12.6. The molecule has 0 aromatic heterocycles. The molecule has 0 amide bonds. The maximum absolute atomic E-state index is 11.2. The minimum absolute atomic E-state index is 0.415. The minimum atomic E-state index is -0.612. The topological polar surface area (TPSA) is 52.6 Å². The highest BCUT2D eigenvalue weighted by Crippen LogP contribution is 2.08. The summed E-state index contributed by atoms with van der Waals surface area (Å²) in [5, 5.41) is 0. The van der Waals surface area contributed by atoms with E-state index in [1.807, 2.05) is 0 Å². The van der Waals surface area contributed by atoms with Crippen LogP contribution in [0, 0.1) is 0 Å². The molecule has 0 aromatic carbocycles. The van der Waals surface area contributed by atoms with Gasteiger partial charge in [0.15, 0.2) is 0 Å². The molecule has 0 aromatic rings. The molecule has 0 fully saturated rings. The van der Waals surface area contributed by atoms with Gasteiger partial charge in [-0.2, -0.15) is 0 Å². The monoisotopic (exact) mass is 288 g/mol. The molecular formula is C11H13BrO4.